The Hall–Kier alpha value is -2.42. The van der Waals surface area contributed by atoms with Gasteiger partial charge < -0.3 is 0 Å². The molecule has 0 atom stereocenters. The lowest BCUT2D eigenvalue weighted by Gasteiger charge is -2.07. The minimum Gasteiger partial charge on any atom is -0.269 e. The van der Waals surface area contributed by atoms with Crippen molar-refractivity contribution < 1.29 is 0 Å². The fourth-order valence-corrected chi connectivity index (χ4v) is 2.27. The maximum Gasteiger partial charge on any atom is 0.258 e. The monoisotopic (exact) mass is 250 g/mol. The third kappa shape index (κ3) is 2.03. The molecule has 0 amide bonds. The van der Waals surface area contributed by atoms with E-state index >= 15 is 0 Å². The van der Waals surface area contributed by atoms with Crippen LogP contribution < -0.4 is 5.56 Å². The Labute approximate surface area is 111 Å². The van der Waals surface area contributed by atoms with Crippen LogP contribution in [0.4, 0.5) is 0 Å². The van der Waals surface area contributed by atoms with Crippen LogP contribution in [0.3, 0.4) is 0 Å². The first-order valence-electron chi connectivity index (χ1n) is 6.21. The van der Waals surface area contributed by atoms with Gasteiger partial charge in [-0.2, -0.15) is 0 Å². The van der Waals surface area contributed by atoms with Crippen LogP contribution in [0.15, 0.2) is 53.3 Å². The van der Waals surface area contributed by atoms with Crippen molar-refractivity contribution >= 4 is 5.65 Å². The van der Waals surface area contributed by atoms with E-state index in [9.17, 15) is 4.79 Å². The second kappa shape index (κ2) is 4.35. The van der Waals surface area contributed by atoms with E-state index in [0.717, 1.165) is 22.5 Å². The molecule has 0 bridgehead atoms. The van der Waals surface area contributed by atoms with Crippen molar-refractivity contribution in [3.8, 4) is 11.3 Å². The summed E-state index contributed by atoms with van der Waals surface area (Å²) in [6.07, 6.45) is 0. The summed E-state index contributed by atoms with van der Waals surface area (Å²) < 4.78 is 1.62. The number of rotatable bonds is 1. The zero-order valence-electron chi connectivity index (χ0n) is 10.9. The number of benzene rings is 1. The molecule has 0 radical (unpaired) electrons. The average Bonchev–Trinajstić information content (AvgIpc) is 2.38. The molecule has 2 aromatic heterocycles. The predicted octanol–water partition coefficient (Wildman–Crippen LogP) is 2.98. The fraction of sp³-hybridized carbons (Fsp3) is 0.125. The van der Waals surface area contributed by atoms with Crippen molar-refractivity contribution in [3.05, 3.63) is 70.1 Å². The lowest BCUT2D eigenvalue weighted by molar-refractivity contribution is 0.993. The molecule has 3 heteroatoms. The van der Waals surface area contributed by atoms with E-state index < -0.39 is 0 Å². The molecular formula is C16H14N2O. The third-order valence-corrected chi connectivity index (χ3v) is 3.19. The van der Waals surface area contributed by atoms with Crippen molar-refractivity contribution in [1.29, 1.82) is 0 Å². The van der Waals surface area contributed by atoms with Crippen molar-refractivity contribution in [2.24, 2.45) is 0 Å². The highest BCUT2D eigenvalue weighted by Gasteiger charge is 2.05. The minimum atomic E-state index is -0.0420. The number of pyridine rings is 1. The highest BCUT2D eigenvalue weighted by Crippen LogP contribution is 2.17. The number of aryl methyl sites for hydroxylation is 2. The summed E-state index contributed by atoms with van der Waals surface area (Å²) in [4.78, 5) is 16.8. The van der Waals surface area contributed by atoms with E-state index in [1.807, 2.05) is 56.3 Å². The Balaban J connectivity index is 2.30. The molecular weight excluding hydrogens is 236 g/mol. The normalized spacial score (nSPS) is 10.8. The molecule has 0 N–H and O–H groups in total. The summed E-state index contributed by atoms with van der Waals surface area (Å²) in [7, 11) is 0. The van der Waals surface area contributed by atoms with Gasteiger partial charge in [0.05, 0.1) is 5.69 Å². The maximum atomic E-state index is 12.2. The molecule has 0 saturated heterocycles. The van der Waals surface area contributed by atoms with Crippen LogP contribution in [0.1, 0.15) is 11.3 Å². The Morgan fingerprint density at radius 2 is 1.79 bits per heavy atom. The number of fused-ring (bicyclic) bond motifs is 1. The number of nitrogens with zero attached hydrogens (tertiary/aromatic N) is 2. The Kier molecular flexibility index (Phi) is 2.67. The van der Waals surface area contributed by atoms with Gasteiger partial charge in [0.25, 0.3) is 5.56 Å². The first kappa shape index (κ1) is 11.7. The highest BCUT2D eigenvalue weighted by molar-refractivity contribution is 5.62. The van der Waals surface area contributed by atoms with E-state index in [2.05, 4.69) is 4.98 Å². The van der Waals surface area contributed by atoms with Crippen molar-refractivity contribution in [2.75, 3.05) is 0 Å². The first-order chi connectivity index (χ1) is 9.15. The summed E-state index contributed by atoms with van der Waals surface area (Å²) in [6.45, 7) is 3.93. The lowest BCUT2D eigenvalue weighted by atomic mass is 10.1. The summed E-state index contributed by atoms with van der Waals surface area (Å²) in [5.74, 6) is 0. The average molecular weight is 250 g/mol. The number of hydrogen-bond donors (Lipinski definition) is 0. The van der Waals surface area contributed by atoms with Gasteiger partial charge in [0.15, 0.2) is 0 Å². The van der Waals surface area contributed by atoms with Gasteiger partial charge in [0, 0.05) is 17.3 Å². The van der Waals surface area contributed by atoms with Crippen molar-refractivity contribution in [3.63, 3.8) is 0 Å². The van der Waals surface area contributed by atoms with Crippen LogP contribution in [0, 0.1) is 13.8 Å². The van der Waals surface area contributed by atoms with E-state index in [-0.39, 0.29) is 5.56 Å². The molecule has 1 aromatic carbocycles. The molecule has 0 unspecified atom stereocenters. The Morgan fingerprint density at radius 1 is 1.00 bits per heavy atom. The molecule has 3 aromatic rings. The molecule has 0 aliphatic rings. The zero-order valence-corrected chi connectivity index (χ0v) is 10.9. The number of hydrogen-bond acceptors (Lipinski definition) is 2. The van der Waals surface area contributed by atoms with Gasteiger partial charge in [-0.1, -0.05) is 29.8 Å². The maximum absolute atomic E-state index is 12.2. The molecule has 0 aliphatic heterocycles. The highest BCUT2D eigenvalue weighted by atomic mass is 16.1. The second-order valence-electron chi connectivity index (χ2n) is 4.71. The van der Waals surface area contributed by atoms with Gasteiger partial charge >= 0.3 is 0 Å². The molecule has 0 aliphatic carbocycles. The van der Waals surface area contributed by atoms with E-state index in [4.69, 9.17) is 0 Å². The number of aromatic nitrogens is 2. The van der Waals surface area contributed by atoms with Gasteiger partial charge in [-0.25, -0.2) is 4.98 Å². The van der Waals surface area contributed by atoms with E-state index in [0.29, 0.717) is 5.65 Å². The summed E-state index contributed by atoms with van der Waals surface area (Å²) >= 11 is 0. The fourth-order valence-electron chi connectivity index (χ4n) is 2.27. The van der Waals surface area contributed by atoms with Crippen LogP contribution in [-0.4, -0.2) is 9.38 Å². The largest absolute Gasteiger partial charge is 0.269 e. The molecule has 0 spiro atoms. The smallest absolute Gasteiger partial charge is 0.258 e. The van der Waals surface area contributed by atoms with Crippen LogP contribution >= 0.6 is 0 Å². The molecule has 0 fully saturated rings. The summed E-state index contributed by atoms with van der Waals surface area (Å²) in [6, 6.07) is 15.3. The van der Waals surface area contributed by atoms with E-state index in [1.165, 1.54) is 0 Å². The van der Waals surface area contributed by atoms with Crippen molar-refractivity contribution in [1.82, 2.24) is 9.38 Å². The van der Waals surface area contributed by atoms with Crippen LogP contribution in [0.2, 0.25) is 0 Å². The van der Waals surface area contributed by atoms with Gasteiger partial charge in [-0.15, -0.1) is 0 Å². The SMILES string of the molecule is Cc1cccc(-c2cc(=O)n3c(C)cccc3n2)c1. The topological polar surface area (TPSA) is 34.4 Å². The van der Waals surface area contributed by atoms with Crippen LogP contribution in [-0.2, 0) is 0 Å². The van der Waals surface area contributed by atoms with Gasteiger partial charge in [0.2, 0.25) is 0 Å². The van der Waals surface area contributed by atoms with Crippen LogP contribution in [0.25, 0.3) is 16.9 Å². The van der Waals surface area contributed by atoms with Gasteiger partial charge in [0.1, 0.15) is 5.65 Å². The molecule has 94 valence electrons. The van der Waals surface area contributed by atoms with Gasteiger partial charge in [-0.3, -0.25) is 9.20 Å². The molecule has 2 heterocycles. The van der Waals surface area contributed by atoms with E-state index in [1.54, 1.807) is 10.5 Å². The Morgan fingerprint density at radius 3 is 2.58 bits per heavy atom. The quantitative estimate of drug-likeness (QED) is 0.665. The molecule has 19 heavy (non-hydrogen) atoms. The third-order valence-electron chi connectivity index (χ3n) is 3.19. The lowest BCUT2D eigenvalue weighted by Crippen LogP contribution is -2.16. The molecule has 0 saturated carbocycles. The minimum absolute atomic E-state index is 0.0420. The second-order valence-corrected chi connectivity index (χ2v) is 4.71. The molecule has 3 nitrogen and oxygen atoms in total. The Bertz CT molecular complexity index is 818. The summed E-state index contributed by atoms with van der Waals surface area (Å²) in [5, 5.41) is 0. The summed E-state index contributed by atoms with van der Waals surface area (Å²) in [5.41, 5.74) is 4.39. The zero-order chi connectivity index (χ0) is 13.4. The molecule has 3 rings (SSSR count). The standard InChI is InChI=1S/C16H14N2O/c1-11-5-3-7-13(9-11)14-10-16(19)18-12(2)6-4-8-15(18)17-14/h3-10H,1-2H3. The predicted molar refractivity (Wildman–Crippen MR) is 76.4 cm³/mol. The van der Waals surface area contributed by atoms with Crippen molar-refractivity contribution in [2.45, 2.75) is 13.8 Å². The van der Waals surface area contributed by atoms with Gasteiger partial charge in [-0.05, 0) is 32.0 Å². The van der Waals surface area contributed by atoms with Crippen LogP contribution in [0.5, 0.6) is 0 Å². The first-order valence-corrected chi connectivity index (χ1v) is 6.21.